The van der Waals surface area contributed by atoms with Gasteiger partial charge in [-0.15, -0.1) is 0 Å². The van der Waals surface area contributed by atoms with Crippen molar-refractivity contribution in [2.45, 2.75) is 4.90 Å². The molecule has 0 aliphatic heterocycles. The third kappa shape index (κ3) is 3.24. The highest BCUT2D eigenvalue weighted by molar-refractivity contribution is 9.10. The predicted molar refractivity (Wildman–Crippen MR) is 65.7 cm³/mol. The standard InChI is InChI=1S/C9H14BrN3O2S/c1-11-3-4-13(2)16(14,15)9-5-8(10)6-12-7-9/h5-7,11H,3-4H2,1-2H3. The molecule has 0 amide bonds. The fraction of sp³-hybridized carbons (Fsp3) is 0.444. The lowest BCUT2D eigenvalue weighted by Crippen LogP contribution is -2.32. The fourth-order valence-corrected chi connectivity index (χ4v) is 2.78. The number of likely N-dealkylation sites (N-methyl/N-ethyl adjacent to an activating group) is 2. The van der Waals surface area contributed by atoms with Gasteiger partial charge in [-0.1, -0.05) is 0 Å². The second-order valence-electron chi connectivity index (χ2n) is 3.27. The Kier molecular flexibility index (Phi) is 4.85. The van der Waals surface area contributed by atoms with E-state index in [1.165, 1.54) is 16.6 Å². The molecule has 16 heavy (non-hydrogen) atoms. The Morgan fingerprint density at radius 2 is 2.19 bits per heavy atom. The molecule has 0 fully saturated rings. The Hall–Kier alpha value is -0.500. The molecular weight excluding hydrogens is 294 g/mol. The van der Waals surface area contributed by atoms with Crippen LogP contribution in [0.25, 0.3) is 0 Å². The van der Waals surface area contributed by atoms with Gasteiger partial charge in [0.1, 0.15) is 4.90 Å². The highest BCUT2D eigenvalue weighted by Crippen LogP contribution is 2.17. The van der Waals surface area contributed by atoms with E-state index >= 15 is 0 Å². The van der Waals surface area contributed by atoms with E-state index in [1.807, 2.05) is 0 Å². The van der Waals surface area contributed by atoms with Gasteiger partial charge in [-0.2, -0.15) is 4.31 Å². The van der Waals surface area contributed by atoms with Crippen molar-refractivity contribution >= 4 is 26.0 Å². The molecule has 1 aromatic heterocycles. The minimum atomic E-state index is -3.43. The molecule has 0 saturated heterocycles. The molecular formula is C9H14BrN3O2S. The van der Waals surface area contributed by atoms with E-state index in [4.69, 9.17) is 0 Å². The number of rotatable bonds is 5. The number of hydrogen-bond acceptors (Lipinski definition) is 4. The maximum absolute atomic E-state index is 12.0. The molecule has 0 unspecified atom stereocenters. The zero-order valence-corrected chi connectivity index (χ0v) is 11.5. The van der Waals surface area contributed by atoms with Crippen molar-refractivity contribution in [3.05, 3.63) is 22.9 Å². The van der Waals surface area contributed by atoms with Crippen LogP contribution in [0.5, 0.6) is 0 Å². The predicted octanol–water partition coefficient (Wildman–Crippen LogP) is 0.684. The van der Waals surface area contributed by atoms with E-state index in [-0.39, 0.29) is 4.90 Å². The smallest absolute Gasteiger partial charge is 0.244 e. The van der Waals surface area contributed by atoms with Gasteiger partial charge in [-0.25, -0.2) is 8.42 Å². The first-order valence-corrected chi connectivity index (χ1v) is 6.93. The Balaban J connectivity index is 2.93. The number of aromatic nitrogens is 1. The Morgan fingerprint density at radius 1 is 1.50 bits per heavy atom. The van der Waals surface area contributed by atoms with E-state index in [2.05, 4.69) is 26.2 Å². The van der Waals surface area contributed by atoms with E-state index in [0.717, 1.165) is 0 Å². The Morgan fingerprint density at radius 3 is 2.75 bits per heavy atom. The molecule has 5 nitrogen and oxygen atoms in total. The molecule has 0 radical (unpaired) electrons. The van der Waals surface area contributed by atoms with Gasteiger partial charge in [0.15, 0.2) is 0 Å². The first-order valence-electron chi connectivity index (χ1n) is 4.70. The Bertz CT molecular complexity index is 450. The number of halogens is 1. The van der Waals surface area contributed by atoms with Gasteiger partial charge in [0, 0.05) is 37.0 Å². The summed E-state index contributed by atoms with van der Waals surface area (Å²) in [5.41, 5.74) is 0. The highest BCUT2D eigenvalue weighted by atomic mass is 79.9. The third-order valence-corrected chi connectivity index (χ3v) is 4.32. The van der Waals surface area contributed by atoms with Crippen LogP contribution < -0.4 is 5.32 Å². The van der Waals surface area contributed by atoms with Gasteiger partial charge in [-0.3, -0.25) is 4.98 Å². The average molecular weight is 308 g/mol. The van der Waals surface area contributed by atoms with Crippen LogP contribution in [-0.2, 0) is 10.0 Å². The molecule has 1 heterocycles. The topological polar surface area (TPSA) is 62.3 Å². The lowest BCUT2D eigenvalue weighted by molar-refractivity contribution is 0.465. The molecule has 0 aromatic carbocycles. The van der Waals surface area contributed by atoms with Crippen molar-refractivity contribution in [1.82, 2.24) is 14.6 Å². The maximum Gasteiger partial charge on any atom is 0.244 e. The number of nitrogens with one attached hydrogen (secondary N) is 1. The third-order valence-electron chi connectivity index (χ3n) is 2.06. The summed E-state index contributed by atoms with van der Waals surface area (Å²) in [6.45, 7) is 1.03. The largest absolute Gasteiger partial charge is 0.318 e. The van der Waals surface area contributed by atoms with Gasteiger partial charge >= 0.3 is 0 Å². The average Bonchev–Trinajstić information content (AvgIpc) is 2.25. The van der Waals surface area contributed by atoms with Gasteiger partial charge < -0.3 is 5.32 Å². The minimum Gasteiger partial charge on any atom is -0.318 e. The van der Waals surface area contributed by atoms with Crippen LogP contribution >= 0.6 is 15.9 Å². The molecule has 0 spiro atoms. The Labute approximate surface area is 104 Å². The maximum atomic E-state index is 12.0. The number of nitrogens with zero attached hydrogens (tertiary/aromatic N) is 2. The molecule has 0 aliphatic carbocycles. The molecule has 1 rings (SSSR count). The second-order valence-corrected chi connectivity index (χ2v) is 6.23. The fourth-order valence-electron chi connectivity index (χ4n) is 1.10. The first kappa shape index (κ1) is 13.6. The van der Waals surface area contributed by atoms with Crippen molar-refractivity contribution in [2.75, 3.05) is 27.2 Å². The summed E-state index contributed by atoms with van der Waals surface area (Å²) in [7, 11) is -0.105. The monoisotopic (exact) mass is 307 g/mol. The normalized spacial score (nSPS) is 12.0. The molecule has 0 bridgehead atoms. The van der Waals surface area contributed by atoms with E-state index in [0.29, 0.717) is 17.6 Å². The quantitative estimate of drug-likeness (QED) is 0.869. The summed E-state index contributed by atoms with van der Waals surface area (Å²) < 4.78 is 26.0. The second kappa shape index (κ2) is 5.72. The molecule has 0 aliphatic rings. The van der Waals surface area contributed by atoms with Gasteiger partial charge in [0.2, 0.25) is 10.0 Å². The lowest BCUT2D eigenvalue weighted by atomic mass is 10.5. The molecule has 7 heteroatoms. The summed E-state index contributed by atoms with van der Waals surface area (Å²) in [5.74, 6) is 0. The number of hydrogen-bond donors (Lipinski definition) is 1. The molecule has 90 valence electrons. The number of sulfonamides is 1. The van der Waals surface area contributed by atoms with E-state index in [1.54, 1.807) is 20.3 Å². The van der Waals surface area contributed by atoms with Crippen LogP contribution in [0.1, 0.15) is 0 Å². The van der Waals surface area contributed by atoms with Gasteiger partial charge in [0.25, 0.3) is 0 Å². The molecule has 1 N–H and O–H groups in total. The summed E-state index contributed by atoms with van der Waals surface area (Å²) in [5, 5.41) is 2.90. The van der Waals surface area contributed by atoms with Gasteiger partial charge in [0.05, 0.1) is 0 Å². The zero-order valence-electron chi connectivity index (χ0n) is 9.14. The summed E-state index contributed by atoms with van der Waals surface area (Å²) in [4.78, 5) is 4.04. The van der Waals surface area contributed by atoms with Crippen LogP contribution in [-0.4, -0.2) is 44.9 Å². The van der Waals surface area contributed by atoms with Crippen molar-refractivity contribution in [2.24, 2.45) is 0 Å². The minimum absolute atomic E-state index is 0.195. The summed E-state index contributed by atoms with van der Waals surface area (Å²) >= 11 is 3.20. The van der Waals surface area contributed by atoms with Gasteiger partial charge in [-0.05, 0) is 29.0 Å². The lowest BCUT2D eigenvalue weighted by Gasteiger charge is -2.16. The van der Waals surface area contributed by atoms with Crippen LogP contribution in [0, 0.1) is 0 Å². The SMILES string of the molecule is CNCCN(C)S(=O)(=O)c1cncc(Br)c1. The van der Waals surface area contributed by atoms with Crippen LogP contribution in [0.4, 0.5) is 0 Å². The highest BCUT2D eigenvalue weighted by Gasteiger charge is 2.20. The van der Waals surface area contributed by atoms with Crippen LogP contribution in [0.3, 0.4) is 0 Å². The van der Waals surface area contributed by atoms with E-state index in [9.17, 15) is 8.42 Å². The van der Waals surface area contributed by atoms with Crippen molar-refractivity contribution < 1.29 is 8.42 Å². The zero-order chi connectivity index (χ0) is 12.2. The van der Waals surface area contributed by atoms with Crippen LogP contribution in [0.2, 0.25) is 0 Å². The molecule has 1 aromatic rings. The molecule has 0 saturated carbocycles. The van der Waals surface area contributed by atoms with E-state index < -0.39 is 10.0 Å². The van der Waals surface area contributed by atoms with Crippen LogP contribution in [0.15, 0.2) is 27.8 Å². The van der Waals surface area contributed by atoms with Crippen molar-refractivity contribution in [1.29, 1.82) is 0 Å². The summed E-state index contributed by atoms with van der Waals surface area (Å²) in [6, 6.07) is 1.54. The van der Waals surface area contributed by atoms with Crippen molar-refractivity contribution in [3.63, 3.8) is 0 Å². The molecule has 0 atom stereocenters. The summed E-state index contributed by atoms with van der Waals surface area (Å²) in [6.07, 6.45) is 2.89. The van der Waals surface area contributed by atoms with Crippen molar-refractivity contribution in [3.8, 4) is 0 Å². The number of pyridine rings is 1. The first-order chi connectivity index (χ1) is 7.48.